The first-order valence-electron chi connectivity index (χ1n) is 14.9. The third kappa shape index (κ3) is 5.84. The molecule has 0 saturated heterocycles. The van der Waals surface area contributed by atoms with Crippen molar-refractivity contribution in [3.05, 3.63) is 139 Å². The first-order chi connectivity index (χ1) is 21.4. The molecule has 45 heavy (non-hydrogen) atoms. The van der Waals surface area contributed by atoms with Gasteiger partial charge in [-0.3, -0.25) is 0 Å². The van der Waals surface area contributed by atoms with E-state index in [1.54, 1.807) is 6.20 Å². The predicted octanol–water partition coefficient (Wildman–Crippen LogP) is 7.43. The summed E-state index contributed by atoms with van der Waals surface area (Å²) in [7, 11) is 0. The largest absolute Gasteiger partial charge is 0.503 e. The Morgan fingerprint density at radius 1 is 0.689 bits per heavy atom. The normalized spacial score (nSPS) is 12.1. The molecule has 8 rings (SSSR count). The summed E-state index contributed by atoms with van der Waals surface area (Å²) >= 11 is 0. The molecule has 4 heterocycles. The van der Waals surface area contributed by atoms with Crippen LogP contribution >= 0.6 is 0 Å². The van der Waals surface area contributed by atoms with Gasteiger partial charge < -0.3 is 19.4 Å². The molecule has 4 nitrogen and oxygen atoms in total. The van der Waals surface area contributed by atoms with Crippen molar-refractivity contribution in [2.75, 3.05) is 0 Å². The number of pyridine rings is 2. The van der Waals surface area contributed by atoms with Crippen molar-refractivity contribution in [2.45, 2.75) is 33.1 Å². The van der Waals surface area contributed by atoms with Gasteiger partial charge in [0, 0.05) is 43.7 Å². The third-order valence-corrected chi connectivity index (χ3v) is 8.08. The van der Waals surface area contributed by atoms with Crippen LogP contribution in [0.5, 0.6) is 23.0 Å². The summed E-state index contributed by atoms with van der Waals surface area (Å²) in [4.78, 5) is 9.00. The molecule has 0 bridgehead atoms. The molecule has 2 aliphatic heterocycles. The molecule has 0 saturated carbocycles. The Bertz CT molecular complexity index is 1940. The van der Waals surface area contributed by atoms with E-state index in [4.69, 9.17) is 14.5 Å². The zero-order valence-electron chi connectivity index (χ0n) is 25.6. The SMILES string of the molecule is Cc1cnc(-c2[c-]ccc3c2Oc2cccc4c2B3c2ccccc2O4)cc1C(C)(C)C.[Ir].[c-]1ccccc1-c1ccccn1. The number of benzene rings is 4. The van der Waals surface area contributed by atoms with Crippen LogP contribution < -0.4 is 25.9 Å². The van der Waals surface area contributed by atoms with E-state index in [-0.39, 0.29) is 32.2 Å². The van der Waals surface area contributed by atoms with E-state index >= 15 is 0 Å². The minimum Gasteiger partial charge on any atom is -0.503 e. The molecule has 0 unspecified atom stereocenters. The van der Waals surface area contributed by atoms with Crippen molar-refractivity contribution < 1.29 is 29.6 Å². The predicted molar refractivity (Wildman–Crippen MR) is 178 cm³/mol. The summed E-state index contributed by atoms with van der Waals surface area (Å²) < 4.78 is 12.7. The Morgan fingerprint density at radius 3 is 2.20 bits per heavy atom. The molecule has 4 aromatic carbocycles. The molecular weight excluding hydrogens is 731 g/mol. The number of ether oxygens (including phenoxy) is 2. The number of hydrogen-bond donors (Lipinski definition) is 0. The molecule has 223 valence electrons. The first-order valence-corrected chi connectivity index (χ1v) is 14.9. The summed E-state index contributed by atoms with van der Waals surface area (Å²) in [6.07, 6.45) is 3.75. The van der Waals surface area contributed by atoms with Crippen LogP contribution in [0.4, 0.5) is 0 Å². The van der Waals surface area contributed by atoms with Gasteiger partial charge in [-0.05, 0) is 64.6 Å². The maximum absolute atomic E-state index is 6.53. The second kappa shape index (κ2) is 12.5. The van der Waals surface area contributed by atoms with E-state index in [0.29, 0.717) is 0 Å². The Hall–Kier alpha value is -4.51. The van der Waals surface area contributed by atoms with E-state index in [0.717, 1.165) is 61.9 Å². The Morgan fingerprint density at radius 2 is 1.44 bits per heavy atom. The third-order valence-electron chi connectivity index (χ3n) is 8.08. The van der Waals surface area contributed by atoms with Crippen molar-refractivity contribution in [1.82, 2.24) is 9.97 Å². The van der Waals surface area contributed by atoms with E-state index < -0.39 is 0 Å². The van der Waals surface area contributed by atoms with Crippen LogP contribution in [0.25, 0.3) is 22.5 Å². The Balaban J connectivity index is 0.000000231. The van der Waals surface area contributed by atoms with Crippen LogP contribution in [0, 0.1) is 19.1 Å². The topological polar surface area (TPSA) is 44.2 Å². The van der Waals surface area contributed by atoms with Gasteiger partial charge in [-0.25, -0.2) is 0 Å². The molecule has 2 aromatic heterocycles. The molecule has 1 radical (unpaired) electrons. The molecule has 6 aromatic rings. The van der Waals surface area contributed by atoms with Gasteiger partial charge in [0.05, 0.1) is 0 Å². The van der Waals surface area contributed by atoms with Gasteiger partial charge in [0.25, 0.3) is 0 Å². The Labute approximate surface area is 279 Å². The summed E-state index contributed by atoms with van der Waals surface area (Å²) in [5.74, 6) is 3.41. The number of fused-ring (bicyclic) bond motifs is 4. The summed E-state index contributed by atoms with van der Waals surface area (Å²) in [5, 5.41) is 0. The van der Waals surface area contributed by atoms with Gasteiger partial charge in [-0.1, -0.05) is 68.8 Å². The summed E-state index contributed by atoms with van der Waals surface area (Å²) in [6, 6.07) is 40.8. The second-order valence-corrected chi connectivity index (χ2v) is 12.1. The maximum atomic E-state index is 6.53. The maximum Gasteiger partial charge on any atom is 0.241 e. The minimum absolute atomic E-state index is 0. The van der Waals surface area contributed by atoms with Gasteiger partial charge >= 0.3 is 0 Å². The van der Waals surface area contributed by atoms with Crippen LogP contribution in [0.15, 0.2) is 116 Å². The molecule has 6 heteroatoms. The Kier molecular flexibility index (Phi) is 8.46. The van der Waals surface area contributed by atoms with Gasteiger partial charge in [0.1, 0.15) is 17.2 Å². The van der Waals surface area contributed by atoms with E-state index in [9.17, 15) is 0 Å². The molecule has 0 amide bonds. The van der Waals surface area contributed by atoms with Crippen molar-refractivity contribution in [2.24, 2.45) is 0 Å². The van der Waals surface area contributed by atoms with Gasteiger partial charge in [-0.2, -0.15) is 0 Å². The number of aromatic nitrogens is 2. The number of para-hydroxylation sites is 1. The van der Waals surface area contributed by atoms with Crippen LogP contribution in [0.1, 0.15) is 31.9 Å². The zero-order chi connectivity index (χ0) is 30.3. The summed E-state index contributed by atoms with van der Waals surface area (Å²) in [6.45, 7) is 8.87. The quantitative estimate of drug-likeness (QED) is 0.136. The number of hydrogen-bond acceptors (Lipinski definition) is 4. The fourth-order valence-corrected chi connectivity index (χ4v) is 6.08. The van der Waals surface area contributed by atoms with Crippen molar-refractivity contribution >= 4 is 23.1 Å². The molecular formula is C39H31BIrN2O2-2. The van der Waals surface area contributed by atoms with Crippen molar-refractivity contribution in [1.29, 1.82) is 0 Å². The average Bonchev–Trinajstić information content (AvgIpc) is 3.05. The first kappa shape index (κ1) is 30.5. The fraction of sp³-hybridized carbons (Fsp3) is 0.128. The molecule has 0 aliphatic carbocycles. The monoisotopic (exact) mass is 763 g/mol. The van der Waals surface area contributed by atoms with Crippen LogP contribution in [-0.2, 0) is 25.5 Å². The van der Waals surface area contributed by atoms with Gasteiger partial charge in [0.2, 0.25) is 6.71 Å². The molecule has 0 fully saturated rings. The molecule has 0 N–H and O–H groups in total. The second-order valence-electron chi connectivity index (χ2n) is 12.1. The van der Waals surface area contributed by atoms with E-state index in [1.165, 1.54) is 11.1 Å². The molecule has 2 aliphatic rings. The van der Waals surface area contributed by atoms with E-state index in [2.05, 4.69) is 69.1 Å². The van der Waals surface area contributed by atoms with Gasteiger partial charge in [-0.15, -0.1) is 59.6 Å². The standard InChI is InChI=1S/C28H23BNO2.C11H8N.Ir/c1-17-16-30-22(15-19(17)28(2,3)4)18-9-7-11-21-27(18)32-25-14-8-13-24-26(25)29(21)20-10-5-6-12-23(20)31-24;1-2-6-10(7-3-1)11-8-4-5-9-12-11;/h5-8,10-16H,1-4H3;1-6,8-9H;/q2*-1;. The number of nitrogens with zero attached hydrogens (tertiary/aromatic N) is 2. The summed E-state index contributed by atoms with van der Waals surface area (Å²) in [5.41, 5.74) is 9.66. The van der Waals surface area contributed by atoms with E-state index in [1.807, 2.05) is 85.1 Å². The fourth-order valence-electron chi connectivity index (χ4n) is 6.08. The minimum atomic E-state index is 0. The zero-order valence-corrected chi connectivity index (χ0v) is 28.0. The van der Waals surface area contributed by atoms with Crippen LogP contribution in [0.2, 0.25) is 0 Å². The smallest absolute Gasteiger partial charge is 0.241 e. The number of aryl methyl sites for hydroxylation is 1. The van der Waals surface area contributed by atoms with Crippen molar-refractivity contribution in [3.8, 4) is 45.5 Å². The molecule has 0 spiro atoms. The van der Waals surface area contributed by atoms with Crippen LogP contribution in [-0.4, -0.2) is 16.7 Å². The molecule has 0 atom stereocenters. The van der Waals surface area contributed by atoms with Crippen molar-refractivity contribution in [3.63, 3.8) is 0 Å². The average molecular weight is 763 g/mol. The van der Waals surface area contributed by atoms with Gasteiger partial charge in [0.15, 0.2) is 0 Å². The number of rotatable bonds is 2. The van der Waals surface area contributed by atoms with Crippen LogP contribution in [0.3, 0.4) is 0 Å².